The molecule has 0 aliphatic carbocycles. The van der Waals surface area contributed by atoms with E-state index in [0.717, 1.165) is 10.5 Å². The Bertz CT molecular complexity index is 1360. The Hall–Kier alpha value is -4.46. The van der Waals surface area contributed by atoms with Crippen LogP contribution in [-0.2, 0) is 17.9 Å². The zero-order chi connectivity index (χ0) is 22.9. The molecule has 2 amide bonds. The highest BCUT2D eigenvalue weighted by molar-refractivity contribution is 6.21. The highest BCUT2D eigenvalue weighted by atomic mass is 16.5. The number of carbonyl (C=O) groups excluding carboxylic acids is 3. The van der Waals surface area contributed by atoms with Crippen LogP contribution in [0.15, 0.2) is 75.8 Å². The lowest BCUT2D eigenvalue weighted by molar-refractivity contribution is 0.0466. The maximum Gasteiger partial charge on any atom is 0.338 e. The van der Waals surface area contributed by atoms with Gasteiger partial charge in [-0.15, -0.1) is 0 Å². The molecular weight excluding hydrogens is 424 g/mol. The van der Waals surface area contributed by atoms with Crippen LogP contribution < -0.4 is 0 Å². The Morgan fingerprint density at radius 3 is 2.55 bits per heavy atom. The number of carbonyl (C=O) groups is 3. The van der Waals surface area contributed by atoms with Gasteiger partial charge in [-0.05, 0) is 49.4 Å². The Labute approximate surface area is 188 Å². The number of fused-ring (bicyclic) bond motifs is 1. The van der Waals surface area contributed by atoms with Crippen LogP contribution in [0, 0.1) is 6.92 Å². The molecule has 0 unspecified atom stereocenters. The Morgan fingerprint density at radius 1 is 1.00 bits per heavy atom. The van der Waals surface area contributed by atoms with Crippen molar-refractivity contribution in [3.63, 3.8) is 0 Å². The van der Waals surface area contributed by atoms with Crippen molar-refractivity contribution in [2.24, 2.45) is 0 Å². The number of amides is 2. The summed E-state index contributed by atoms with van der Waals surface area (Å²) in [6.45, 7) is 1.68. The van der Waals surface area contributed by atoms with E-state index in [4.69, 9.17) is 13.6 Å². The van der Waals surface area contributed by atoms with Gasteiger partial charge < -0.3 is 13.6 Å². The molecule has 0 saturated carbocycles. The van der Waals surface area contributed by atoms with Crippen molar-refractivity contribution in [3.8, 4) is 11.5 Å². The average Bonchev–Trinajstić information content (AvgIpc) is 3.54. The summed E-state index contributed by atoms with van der Waals surface area (Å²) in [5, 5.41) is 0. The van der Waals surface area contributed by atoms with E-state index in [1.165, 1.54) is 24.5 Å². The van der Waals surface area contributed by atoms with Gasteiger partial charge in [0.05, 0.1) is 29.5 Å². The van der Waals surface area contributed by atoms with Gasteiger partial charge in [-0.1, -0.05) is 18.2 Å². The molecule has 8 heteroatoms. The molecular formula is C25H18N2O6. The Morgan fingerprint density at radius 2 is 1.79 bits per heavy atom. The fraction of sp³-hybridized carbons (Fsp3) is 0.120. The highest BCUT2D eigenvalue weighted by Gasteiger charge is 2.36. The summed E-state index contributed by atoms with van der Waals surface area (Å²) in [4.78, 5) is 43.5. The van der Waals surface area contributed by atoms with Crippen molar-refractivity contribution < 1.29 is 28.0 Å². The molecule has 2 aromatic heterocycles. The first-order chi connectivity index (χ1) is 16.0. The quantitative estimate of drug-likeness (QED) is 0.322. The lowest BCUT2D eigenvalue weighted by atomic mass is 10.1. The maximum absolute atomic E-state index is 12.8. The van der Waals surface area contributed by atoms with Crippen LogP contribution in [0.3, 0.4) is 0 Å². The van der Waals surface area contributed by atoms with Gasteiger partial charge in [0.1, 0.15) is 23.8 Å². The van der Waals surface area contributed by atoms with Crippen LogP contribution >= 0.6 is 0 Å². The van der Waals surface area contributed by atoms with Gasteiger partial charge in [-0.2, -0.15) is 0 Å². The number of benzene rings is 2. The van der Waals surface area contributed by atoms with Crippen LogP contribution in [0.4, 0.5) is 0 Å². The molecule has 0 fully saturated rings. The molecule has 2 aromatic carbocycles. The van der Waals surface area contributed by atoms with Gasteiger partial charge in [-0.25, -0.2) is 9.78 Å². The molecule has 1 aliphatic heterocycles. The first-order valence-corrected chi connectivity index (χ1v) is 10.2. The summed E-state index contributed by atoms with van der Waals surface area (Å²) in [6, 6.07) is 17.1. The summed E-state index contributed by atoms with van der Waals surface area (Å²) < 4.78 is 16.3. The van der Waals surface area contributed by atoms with Crippen LogP contribution in [0.5, 0.6) is 0 Å². The van der Waals surface area contributed by atoms with Crippen molar-refractivity contribution in [3.05, 3.63) is 101 Å². The van der Waals surface area contributed by atoms with E-state index in [1.807, 2.05) is 30.3 Å². The number of rotatable bonds is 6. The van der Waals surface area contributed by atoms with E-state index in [1.54, 1.807) is 19.1 Å². The van der Waals surface area contributed by atoms with Crippen LogP contribution in [0.1, 0.15) is 48.3 Å². The van der Waals surface area contributed by atoms with Crippen molar-refractivity contribution in [2.45, 2.75) is 20.1 Å². The second kappa shape index (κ2) is 8.23. The average molecular weight is 442 g/mol. The first-order valence-electron chi connectivity index (χ1n) is 10.2. The molecule has 0 N–H and O–H groups in total. The molecule has 164 valence electrons. The van der Waals surface area contributed by atoms with E-state index in [-0.39, 0.29) is 29.8 Å². The molecule has 0 saturated heterocycles. The minimum Gasteiger partial charge on any atom is -0.467 e. The predicted octanol–water partition coefficient (Wildman–Crippen LogP) is 4.40. The first kappa shape index (κ1) is 20.4. The van der Waals surface area contributed by atoms with E-state index in [0.29, 0.717) is 23.1 Å². The van der Waals surface area contributed by atoms with E-state index >= 15 is 0 Å². The van der Waals surface area contributed by atoms with Crippen molar-refractivity contribution in [1.82, 2.24) is 9.88 Å². The molecule has 0 radical (unpaired) electrons. The number of aryl methyl sites for hydroxylation is 1. The minimum absolute atomic E-state index is 0.0221. The highest BCUT2D eigenvalue weighted by Crippen LogP contribution is 2.27. The third-order valence-corrected chi connectivity index (χ3v) is 5.35. The van der Waals surface area contributed by atoms with Crippen molar-refractivity contribution >= 4 is 17.8 Å². The number of oxazole rings is 1. The zero-order valence-corrected chi connectivity index (χ0v) is 17.6. The summed E-state index contributed by atoms with van der Waals surface area (Å²) in [7, 11) is 0. The third kappa shape index (κ3) is 3.82. The van der Waals surface area contributed by atoms with Crippen LogP contribution in [0.25, 0.3) is 11.5 Å². The Balaban J connectivity index is 1.30. The molecule has 0 atom stereocenters. The number of imide groups is 1. The fourth-order valence-corrected chi connectivity index (χ4v) is 3.60. The van der Waals surface area contributed by atoms with E-state index in [9.17, 15) is 14.4 Å². The van der Waals surface area contributed by atoms with Gasteiger partial charge in [0.2, 0.25) is 5.89 Å². The normalized spacial score (nSPS) is 12.8. The number of esters is 1. The van der Waals surface area contributed by atoms with E-state index < -0.39 is 17.8 Å². The van der Waals surface area contributed by atoms with E-state index in [2.05, 4.69) is 4.98 Å². The standard InChI is InChI=1S/C25H18N2O6/c1-15-21(26-22(33-15)16-6-3-2-4-7-16)14-32-25(30)17-9-10-19-20(12-17)24(29)27(23(19)28)13-18-8-5-11-31-18/h2-12H,13-14H2,1H3. The molecule has 4 aromatic rings. The van der Waals surface area contributed by atoms with Crippen LogP contribution in [0.2, 0.25) is 0 Å². The smallest absolute Gasteiger partial charge is 0.338 e. The third-order valence-electron chi connectivity index (χ3n) is 5.35. The molecule has 1 aliphatic rings. The second-order valence-electron chi connectivity index (χ2n) is 7.50. The monoisotopic (exact) mass is 442 g/mol. The zero-order valence-electron chi connectivity index (χ0n) is 17.6. The number of hydrogen-bond acceptors (Lipinski definition) is 7. The molecule has 0 bridgehead atoms. The maximum atomic E-state index is 12.8. The molecule has 8 nitrogen and oxygen atoms in total. The molecule has 0 spiro atoms. The fourth-order valence-electron chi connectivity index (χ4n) is 3.60. The van der Waals surface area contributed by atoms with Crippen molar-refractivity contribution in [1.29, 1.82) is 0 Å². The second-order valence-corrected chi connectivity index (χ2v) is 7.50. The lowest BCUT2D eigenvalue weighted by Crippen LogP contribution is -2.28. The lowest BCUT2D eigenvalue weighted by Gasteiger charge is -2.11. The predicted molar refractivity (Wildman–Crippen MR) is 115 cm³/mol. The minimum atomic E-state index is -0.633. The largest absolute Gasteiger partial charge is 0.467 e. The molecule has 5 rings (SSSR count). The molecule has 33 heavy (non-hydrogen) atoms. The number of hydrogen-bond donors (Lipinski definition) is 0. The summed E-state index contributed by atoms with van der Waals surface area (Å²) >= 11 is 0. The van der Waals surface area contributed by atoms with Crippen LogP contribution in [-0.4, -0.2) is 27.7 Å². The summed E-state index contributed by atoms with van der Waals surface area (Å²) in [6.07, 6.45) is 1.47. The summed E-state index contributed by atoms with van der Waals surface area (Å²) in [5.41, 5.74) is 1.88. The number of furan rings is 1. The number of aromatic nitrogens is 1. The van der Waals surface area contributed by atoms with Gasteiger partial charge in [0.25, 0.3) is 11.8 Å². The summed E-state index contributed by atoms with van der Waals surface area (Å²) in [5.74, 6) is -0.0746. The SMILES string of the molecule is Cc1oc(-c2ccccc2)nc1COC(=O)c1ccc2c(c1)C(=O)N(Cc1ccco1)C2=O. The topological polar surface area (TPSA) is 103 Å². The van der Waals surface area contributed by atoms with Gasteiger partial charge in [0, 0.05) is 5.56 Å². The van der Waals surface area contributed by atoms with Crippen molar-refractivity contribution in [2.75, 3.05) is 0 Å². The van der Waals surface area contributed by atoms with Gasteiger partial charge in [0.15, 0.2) is 0 Å². The van der Waals surface area contributed by atoms with Gasteiger partial charge in [-0.3, -0.25) is 14.5 Å². The molecule has 3 heterocycles. The Kier molecular flexibility index (Phi) is 5.10. The number of nitrogens with zero attached hydrogens (tertiary/aromatic N) is 2. The van der Waals surface area contributed by atoms with Gasteiger partial charge >= 0.3 is 5.97 Å². The number of ether oxygens (including phenoxy) is 1.